The minimum Gasteiger partial charge on any atom is -0.396 e. The van der Waals surface area contributed by atoms with Gasteiger partial charge < -0.3 is 5.11 Å². The van der Waals surface area contributed by atoms with Crippen molar-refractivity contribution in [3.8, 4) is 0 Å². The molecule has 1 atom stereocenters. The van der Waals surface area contributed by atoms with E-state index in [-0.39, 0.29) is 12.6 Å². The standard InChI is InChI=1S/C13H21NO3S/c1-10-7-11(2)9-13(8-10)18(16,17)14-12(3)5-4-6-15/h7-9,12,14-15H,4-6H2,1-3H3. The number of hydrogen-bond acceptors (Lipinski definition) is 3. The Bertz CT molecular complexity index is 477. The Kier molecular flexibility index (Phi) is 5.31. The first kappa shape index (κ1) is 15.1. The van der Waals surface area contributed by atoms with E-state index < -0.39 is 10.0 Å². The number of nitrogens with one attached hydrogen (secondary N) is 1. The third-order valence-electron chi connectivity index (χ3n) is 2.66. The molecule has 0 saturated carbocycles. The number of benzene rings is 1. The number of aliphatic hydroxyl groups is 1. The van der Waals surface area contributed by atoms with E-state index in [2.05, 4.69) is 4.72 Å². The molecule has 0 heterocycles. The summed E-state index contributed by atoms with van der Waals surface area (Å²) in [6, 6.07) is 5.08. The highest BCUT2D eigenvalue weighted by Gasteiger charge is 2.17. The van der Waals surface area contributed by atoms with E-state index in [1.165, 1.54) is 0 Å². The van der Waals surface area contributed by atoms with Crippen LogP contribution in [0.15, 0.2) is 23.1 Å². The molecule has 4 nitrogen and oxygen atoms in total. The fourth-order valence-electron chi connectivity index (χ4n) is 1.88. The van der Waals surface area contributed by atoms with Crippen molar-refractivity contribution in [1.82, 2.24) is 4.72 Å². The summed E-state index contributed by atoms with van der Waals surface area (Å²) < 4.78 is 26.9. The molecule has 0 aliphatic heterocycles. The average Bonchev–Trinajstić information content (AvgIpc) is 2.24. The first-order chi connectivity index (χ1) is 8.35. The Labute approximate surface area is 109 Å². The topological polar surface area (TPSA) is 66.4 Å². The summed E-state index contributed by atoms with van der Waals surface area (Å²) in [5.74, 6) is 0. The highest BCUT2D eigenvalue weighted by molar-refractivity contribution is 7.89. The van der Waals surface area contributed by atoms with E-state index in [9.17, 15) is 8.42 Å². The molecule has 0 aromatic heterocycles. The highest BCUT2D eigenvalue weighted by atomic mass is 32.2. The normalized spacial score (nSPS) is 13.6. The van der Waals surface area contributed by atoms with Gasteiger partial charge in [0.05, 0.1) is 4.90 Å². The molecule has 102 valence electrons. The van der Waals surface area contributed by atoms with Crippen molar-refractivity contribution in [1.29, 1.82) is 0 Å². The first-order valence-corrected chi connectivity index (χ1v) is 7.55. The van der Waals surface area contributed by atoms with Gasteiger partial charge in [-0.3, -0.25) is 0 Å². The van der Waals surface area contributed by atoms with Crippen molar-refractivity contribution in [3.63, 3.8) is 0 Å². The Hall–Kier alpha value is -0.910. The van der Waals surface area contributed by atoms with Crippen LogP contribution in [0.1, 0.15) is 30.9 Å². The second-order valence-electron chi connectivity index (χ2n) is 4.71. The molecule has 0 amide bonds. The summed E-state index contributed by atoms with van der Waals surface area (Å²) in [5.41, 5.74) is 1.86. The van der Waals surface area contributed by atoms with Crippen molar-refractivity contribution in [2.45, 2.75) is 44.6 Å². The van der Waals surface area contributed by atoms with E-state index >= 15 is 0 Å². The van der Waals surface area contributed by atoms with Crippen molar-refractivity contribution in [2.75, 3.05) is 6.61 Å². The van der Waals surface area contributed by atoms with Gasteiger partial charge in [0, 0.05) is 12.6 Å². The van der Waals surface area contributed by atoms with Gasteiger partial charge in [0.1, 0.15) is 0 Å². The molecule has 0 bridgehead atoms. The number of aryl methyl sites for hydroxylation is 2. The molecule has 18 heavy (non-hydrogen) atoms. The van der Waals surface area contributed by atoms with Gasteiger partial charge in [0.15, 0.2) is 0 Å². The van der Waals surface area contributed by atoms with Crippen LogP contribution in [0.5, 0.6) is 0 Å². The lowest BCUT2D eigenvalue weighted by molar-refractivity contribution is 0.279. The summed E-state index contributed by atoms with van der Waals surface area (Å²) in [4.78, 5) is 0.302. The number of rotatable bonds is 6. The van der Waals surface area contributed by atoms with Crippen LogP contribution in [0.4, 0.5) is 0 Å². The zero-order valence-corrected chi connectivity index (χ0v) is 11.9. The largest absolute Gasteiger partial charge is 0.396 e. The smallest absolute Gasteiger partial charge is 0.240 e. The van der Waals surface area contributed by atoms with E-state index in [4.69, 9.17) is 5.11 Å². The zero-order valence-electron chi connectivity index (χ0n) is 11.1. The van der Waals surface area contributed by atoms with Crippen LogP contribution in [0.25, 0.3) is 0 Å². The predicted octanol–water partition coefficient (Wildman–Crippen LogP) is 1.74. The summed E-state index contributed by atoms with van der Waals surface area (Å²) >= 11 is 0. The average molecular weight is 271 g/mol. The van der Waals surface area contributed by atoms with E-state index in [0.29, 0.717) is 17.7 Å². The first-order valence-electron chi connectivity index (χ1n) is 6.06. The summed E-state index contributed by atoms with van der Waals surface area (Å²) in [5, 5.41) is 8.73. The Balaban J connectivity index is 2.86. The molecule has 1 unspecified atom stereocenters. The zero-order chi connectivity index (χ0) is 13.8. The molecule has 0 saturated heterocycles. The molecule has 5 heteroatoms. The quantitative estimate of drug-likeness (QED) is 0.828. The fraction of sp³-hybridized carbons (Fsp3) is 0.538. The second kappa shape index (κ2) is 6.31. The van der Waals surface area contributed by atoms with Gasteiger partial charge in [-0.25, -0.2) is 13.1 Å². The maximum Gasteiger partial charge on any atom is 0.240 e. The predicted molar refractivity (Wildman–Crippen MR) is 72.0 cm³/mol. The SMILES string of the molecule is Cc1cc(C)cc(S(=O)(=O)NC(C)CCCO)c1. The van der Waals surface area contributed by atoms with Gasteiger partial charge in [-0.05, 0) is 56.9 Å². The van der Waals surface area contributed by atoms with Gasteiger partial charge in [-0.15, -0.1) is 0 Å². The van der Waals surface area contributed by atoms with Crippen LogP contribution < -0.4 is 4.72 Å². The molecular formula is C13H21NO3S. The van der Waals surface area contributed by atoms with E-state index in [1.807, 2.05) is 19.9 Å². The monoisotopic (exact) mass is 271 g/mol. The lowest BCUT2D eigenvalue weighted by atomic mass is 10.2. The van der Waals surface area contributed by atoms with Crippen LogP contribution in [0.2, 0.25) is 0 Å². The summed E-state index contributed by atoms with van der Waals surface area (Å²) in [7, 11) is -3.47. The van der Waals surface area contributed by atoms with Gasteiger partial charge in [-0.2, -0.15) is 0 Å². The molecule has 0 radical (unpaired) electrons. The van der Waals surface area contributed by atoms with Crippen LogP contribution in [0, 0.1) is 13.8 Å². The molecule has 2 N–H and O–H groups in total. The second-order valence-corrected chi connectivity index (χ2v) is 6.43. The Morgan fingerprint density at radius 1 is 1.22 bits per heavy atom. The van der Waals surface area contributed by atoms with Gasteiger partial charge >= 0.3 is 0 Å². The Morgan fingerprint density at radius 2 is 1.78 bits per heavy atom. The minimum atomic E-state index is -3.47. The molecule has 0 fully saturated rings. The number of sulfonamides is 1. The van der Waals surface area contributed by atoms with Crippen molar-refractivity contribution in [3.05, 3.63) is 29.3 Å². The third-order valence-corrected chi connectivity index (χ3v) is 4.23. The molecule has 1 rings (SSSR count). The molecule has 0 spiro atoms. The maximum absolute atomic E-state index is 12.1. The van der Waals surface area contributed by atoms with Gasteiger partial charge in [0.2, 0.25) is 10.0 Å². The minimum absolute atomic E-state index is 0.0790. The van der Waals surface area contributed by atoms with Crippen molar-refractivity contribution < 1.29 is 13.5 Å². The fourth-order valence-corrected chi connectivity index (χ4v) is 3.34. The molecule has 0 aliphatic rings. The highest BCUT2D eigenvalue weighted by Crippen LogP contribution is 2.15. The molecular weight excluding hydrogens is 250 g/mol. The van der Waals surface area contributed by atoms with Crippen molar-refractivity contribution >= 4 is 10.0 Å². The van der Waals surface area contributed by atoms with Gasteiger partial charge in [0.25, 0.3) is 0 Å². The van der Waals surface area contributed by atoms with Crippen LogP contribution in [-0.4, -0.2) is 26.2 Å². The molecule has 0 aliphatic carbocycles. The maximum atomic E-state index is 12.1. The third kappa shape index (κ3) is 4.40. The van der Waals surface area contributed by atoms with E-state index in [0.717, 1.165) is 11.1 Å². The van der Waals surface area contributed by atoms with E-state index in [1.54, 1.807) is 19.1 Å². The summed E-state index contributed by atoms with van der Waals surface area (Å²) in [6.45, 7) is 5.63. The molecule has 1 aromatic rings. The number of hydrogen-bond donors (Lipinski definition) is 2. The van der Waals surface area contributed by atoms with Crippen LogP contribution in [-0.2, 0) is 10.0 Å². The van der Waals surface area contributed by atoms with Gasteiger partial charge in [-0.1, -0.05) is 6.07 Å². The summed E-state index contributed by atoms with van der Waals surface area (Å²) in [6.07, 6.45) is 1.22. The van der Waals surface area contributed by atoms with Crippen LogP contribution in [0.3, 0.4) is 0 Å². The Morgan fingerprint density at radius 3 is 2.28 bits per heavy atom. The lowest BCUT2D eigenvalue weighted by Gasteiger charge is -2.14. The van der Waals surface area contributed by atoms with Crippen molar-refractivity contribution in [2.24, 2.45) is 0 Å². The molecule has 1 aromatic carbocycles. The van der Waals surface area contributed by atoms with Crippen LogP contribution >= 0.6 is 0 Å². The number of aliphatic hydroxyl groups excluding tert-OH is 1. The lowest BCUT2D eigenvalue weighted by Crippen LogP contribution is -2.32.